The summed E-state index contributed by atoms with van der Waals surface area (Å²) in [4.78, 5) is 42.9. The number of ether oxygens (including phenoxy) is 2. The first-order valence-electron chi connectivity index (χ1n) is 25.4. The molecular formula is C48H59ClF6N20O6. The number of fused-ring (bicyclic) bond motifs is 2. The molecule has 33 heteroatoms. The lowest BCUT2D eigenvalue weighted by atomic mass is 10.2. The van der Waals surface area contributed by atoms with Crippen LogP contribution in [0.25, 0.3) is 34.7 Å². The molecule has 0 unspecified atom stereocenters. The minimum absolute atomic E-state index is 0.00390. The van der Waals surface area contributed by atoms with Crippen LogP contribution in [-0.4, -0.2) is 198 Å². The van der Waals surface area contributed by atoms with Crippen LogP contribution in [0.4, 0.5) is 55.4 Å². The molecule has 0 amide bonds. The fourth-order valence-corrected chi connectivity index (χ4v) is 8.48. The molecule has 7 N–H and O–H groups in total. The number of rotatable bonds is 19. The Balaban J connectivity index is 0.000000177. The Bertz CT molecular complexity index is 3250. The summed E-state index contributed by atoms with van der Waals surface area (Å²) in [5, 5.41) is 29.3. The number of hydrogen-bond acceptors (Lipinski definition) is 24. The van der Waals surface area contributed by atoms with Gasteiger partial charge in [0.1, 0.15) is 34.6 Å². The van der Waals surface area contributed by atoms with Gasteiger partial charge in [-0.25, -0.2) is 34.9 Å². The number of anilines is 5. The fraction of sp³-hybridized carbons (Fsp3) is 0.458. The summed E-state index contributed by atoms with van der Waals surface area (Å²) in [6, 6.07) is 5.51. The minimum atomic E-state index is -4.60. The van der Waals surface area contributed by atoms with E-state index in [2.05, 4.69) is 65.2 Å². The molecule has 10 heterocycles. The maximum atomic E-state index is 13.6. The van der Waals surface area contributed by atoms with E-state index in [1.165, 1.54) is 46.3 Å². The van der Waals surface area contributed by atoms with Crippen LogP contribution in [0.3, 0.4) is 0 Å². The highest BCUT2D eigenvalue weighted by Gasteiger charge is 2.38. The number of halogens is 7. The summed E-state index contributed by atoms with van der Waals surface area (Å²) < 4.78 is 104. The Kier molecular flexibility index (Phi) is 19.8. The van der Waals surface area contributed by atoms with E-state index in [1.54, 1.807) is 12.1 Å². The predicted octanol–water partition coefficient (Wildman–Crippen LogP) is 4.01. The number of nitrogen functional groups attached to an aromatic ring is 2. The van der Waals surface area contributed by atoms with Crippen molar-refractivity contribution in [2.75, 3.05) is 145 Å². The predicted molar refractivity (Wildman–Crippen MR) is 284 cm³/mol. The third-order valence-corrected chi connectivity index (χ3v) is 12.8. The number of aliphatic hydroxyl groups excluding tert-OH is 2. The molecule has 2 aliphatic heterocycles. The average Bonchev–Trinajstić information content (AvgIpc) is 4.42. The molecule has 0 aliphatic carbocycles. The van der Waals surface area contributed by atoms with E-state index < -0.39 is 35.2 Å². The SMILES string of the molecule is CN(CCN1CCN(c2cnc(OCCCO)c(C(F)(F)F)c2)CC1)c1cc2nc(-c3ncco3)nn2c(N)n1.CNCCN1CCN(c2cnc(OCCCO)c(C(F)(F)F)c2)CC1.Nc1nc(Cl)cc2nc(-c3ncco3)nn12. The third-order valence-electron chi connectivity index (χ3n) is 12.6. The van der Waals surface area contributed by atoms with Crippen LogP contribution >= 0.6 is 11.6 Å². The molecule has 2 fully saturated rings. The van der Waals surface area contributed by atoms with Crippen LogP contribution in [0.5, 0.6) is 11.8 Å². The molecule has 436 valence electrons. The maximum Gasteiger partial charge on any atom is 0.421 e. The van der Waals surface area contributed by atoms with E-state index in [-0.39, 0.29) is 62.2 Å². The quantitative estimate of drug-likeness (QED) is 0.0434. The van der Waals surface area contributed by atoms with Crippen molar-refractivity contribution in [1.29, 1.82) is 0 Å². The molecule has 26 nitrogen and oxygen atoms in total. The van der Waals surface area contributed by atoms with Gasteiger partial charge in [0.25, 0.3) is 11.8 Å². The Hall–Kier alpha value is -7.91. The molecule has 8 aromatic heterocycles. The lowest BCUT2D eigenvalue weighted by Crippen LogP contribution is -2.48. The summed E-state index contributed by atoms with van der Waals surface area (Å²) in [6.45, 7) is 8.17. The number of aliphatic hydroxyl groups is 2. The number of alkyl halides is 6. The number of hydrogen-bond donors (Lipinski definition) is 5. The third kappa shape index (κ3) is 15.5. The molecule has 2 saturated heterocycles. The van der Waals surface area contributed by atoms with Gasteiger partial charge in [0.15, 0.2) is 11.3 Å². The Labute approximate surface area is 463 Å². The Morgan fingerprint density at radius 2 is 1.12 bits per heavy atom. The number of piperazine rings is 2. The molecule has 10 rings (SSSR count). The molecular weight excluding hydrogens is 1100 g/mol. The molecule has 0 radical (unpaired) electrons. The van der Waals surface area contributed by atoms with Crippen molar-refractivity contribution in [2.24, 2.45) is 0 Å². The summed E-state index contributed by atoms with van der Waals surface area (Å²) in [6.07, 6.45) is 0.0580. The highest BCUT2D eigenvalue weighted by Crippen LogP contribution is 2.39. The highest BCUT2D eigenvalue weighted by atomic mass is 35.5. The van der Waals surface area contributed by atoms with Crippen molar-refractivity contribution in [3.8, 4) is 35.2 Å². The zero-order valence-corrected chi connectivity index (χ0v) is 44.7. The van der Waals surface area contributed by atoms with Gasteiger partial charge in [-0.05, 0) is 19.2 Å². The van der Waals surface area contributed by atoms with Crippen molar-refractivity contribution < 1.29 is 54.9 Å². The van der Waals surface area contributed by atoms with Gasteiger partial charge >= 0.3 is 12.4 Å². The van der Waals surface area contributed by atoms with Crippen LogP contribution in [0.2, 0.25) is 5.15 Å². The molecule has 2 aliphatic rings. The van der Waals surface area contributed by atoms with E-state index >= 15 is 0 Å². The first-order valence-corrected chi connectivity index (χ1v) is 25.7. The van der Waals surface area contributed by atoms with Crippen molar-refractivity contribution in [1.82, 2.24) is 74.2 Å². The van der Waals surface area contributed by atoms with Gasteiger partial charge in [0.05, 0.1) is 49.4 Å². The molecule has 0 spiro atoms. The van der Waals surface area contributed by atoms with E-state index in [0.29, 0.717) is 91.8 Å². The largest absolute Gasteiger partial charge is 0.477 e. The number of oxazole rings is 2. The Morgan fingerprint density at radius 1 is 0.654 bits per heavy atom. The zero-order valence-electron chi connectivity index (χ0n) is 43.9. The van der Waals surface area contributed by atoms with Gasteiger partial charge in [0, 0.05) is 124 Å². The zero-order chi connectivity index (χ0) is 57.7. The minimum Gasteiger partial charge on any atom is -0.477 e. The van der Waals surface area contributed by atoms with E-state index in [9.17, 15) is 26.3 Å². The standard InChI is InChI=1S/C24H29F3N10O3.C16H25F3N4O2.C8H5ClN6O/c1-34(18-14-19-31-20(22-29-3-12-40-22)33-37(19)23(28)32-18)4-5-35-6-8-36(9-7-35)16-13-17(24(25,26)27)21(30-15-16)39-11-2-10-38;1-20-3-4-22-5-7-23(8-6-22)13-11-14(16(17,18)19)15(21-12-13)25-10-2-9-24;9-4-3-5-13-6(7-11-1-2-16-7)14-15(5)8(10)12-4/h3,12-15,38H,2,4-11H2,1H3,(H2,28,32);11-12,20,24H,2-10H2,1H3;1-3H,(H2,10,12). The van der Waals surface area contributed by atoms with Crippen LogP contribution in [0, 0.1) is 0 Å². The number of nitrogens with zero attached hydrogens (tertiary/aromatic N) is 17. The van der Waals surface area contributed by atoms with E-state index in [0.717, 1.165) is 44.9 Å². The normalized spacial score (nSPS) is 14.5. The van der Waals surface area contributed by atoms with Crippen molar-refractivity contribution in [3.05, 3.63) is 77.9 Å². The monoisotopic (exact) mass is 1160 g/mol. The lowest BCUT2D eigenvalue weighted by molar-refractivity contribution is -0.140. The number of aromatic nitrogens is 12. The molecule has 8 aromatic rings. The number of likely N-dealkylation sites (N-methyl/N-ethyl adjacent to an activating group) is 2. The lowest BCUT2D eigenvalue weighted by Gasteiger charge is -2.36. The van der Waals surface area contributed by atoms with Gasteiger partial charge in [-0.15, -0.1) is 10.2 Å². The summed E-state index contributed by atoms with van der Waals surface area (Å²) in [7, 11) is 3.79. The van der Waals surface area contributed by atoms with Crippen molar-refractivity contribution in [2.45, 2.75) is 25.2 Å². The second kappa shape index (κ2) is 27.0. The molecule has 0 atom stereocenters. The van der Waals surface area contributed by atoms with Gasteiger partial charge in [-0.2, -0.15) is 40.4 Å². The summed E-state index contributed by atoms with van der Waals surface area (Å²) >= 11 is 5.75. The molecule has 0 saturated carbocycles. The van der Waals surface area contributed by atoms with Gasteiger partial charge in [0.2, 0.25) is 35.3 Å². The van der Waals surface area contributed by atoms with Crippen LogP contribution < -0.4 is 41.0 Å². The van der Waals surface area contributed by atoms with Crippen molar-refractivity contribution in [3.63, 3.8) is 0 Å². The smallest absolute Gasteiger partial charge is 0.421 e. The van der Waals surface area contributed by atoms with E-state index in [1.807, 2.05) is 28.8 Å². The van der Waals surface area contributed by atoms with Crippen LogP contribution in [0.15, 0.2) is 70.4 Å². The molecule has 0 aromatic carbocycles. The maximum absolute atomic E-state index is 13.6. The van der Waals surface area contributed by atoms with Crippen LogP contribution in [0.1, 0.15) is 24.0 Å². The number of nitrogens with two attached hydrogens (primary N) is 2. The molecule has 0 bridgehead atoms. The fourth-order valence-electron chi connectivity index (χ4n) is 8.29. The Morgan fingerprint density at radius 3 is 1.57 bits per heavy atom. The highest BCUT2D eigenvalue weighted by molar-refractivity contribution is 6.29. The van der Waals surface area contributed by atoms with Gasteiger partial charge in [-0.1, -0.05) is 11.6 Å². The molecule has 81 heavy (non-hydrogen) atoms. The van der Waals surface area contributed by atoms with Crippen molar-refractivity contribution >= 4 is 52.0 Å². The number of nitrogens with one attached hydrogen (secondary N) is 1. The van der Waals surface area contributed by atoms with Gasteiger partial charge < -0.3 is 60.0 Å². The second-order valence-corrected chi connectivity index (χ2v) is 18.5. The topological polar surface area (TPSA) is 303 Å². The summed E-state index contributed by atoms with van der Waals surface area (Å²) in [5.74, 6) is 1.29. The first-order chi connectivity index (χ1) is 38.9. The first kappa shape index (κ1) is 59.2. The second-order valence-electron chi connectivity index (χ2n) is 18.1. The van der Waals surface area contributed by atoms with Gasteiger partial charge in [-0.3, -0.25) is 9.80 Å². The van der Waals surface area contributed by atoms with Crippen LogP contribution in [-0.2, 0) is 12.4 Å². The van der Waals surface area contributed by atoms with E-state index in [4.69, 9.17) is 51.6 Å². The average molecular weight is 1160 g/mol. The number of pyridine rings is 2. The summed E-state index contributed by atoms with van der Waals surface area (Å²) in [5.41, 5.74) is 11.8.